The molecule has 7 nitrogen and oxygen atoms in total. The third-order valence-corrected chi connectivity index (χ3v) is 4.87. The van der Waals surface area contributed by atoms with Gasteiger partial charge in [-0.05, 0) is 24.3 Å². The fraction of sp³-hybridized carbons (Fsp3) is 0. The van der Waals surface area contributed by atoms with Gasteiger partial charge in [-0.1, -0.05) is 11.3 Å². The number of hydrogen-bond donors (Lipinski definition) is 2. The van der Waals surface area contributed by atoms with E-state index >= 15 is 0 Å². The zero-order valence-corrected chi connectivity index (χ0v) is 13.5. The highest BCUT2D eigenvalue weighted by Crippen LogP contribution is 2.30. The Balaban J connectivity index is 1.85. The second-order valence-corrected chi connectivity index (χ2v) is 6.56. The Labute approximate surface area is 143 Å². The van der Waals surface area contributed by atoms with Crippen LogP contribution in [-0.2, 0) is 0 Å². The van der Waals surface area contributed by atoms with Gasteiger partial charge in [0.05, 0.1) is 4.88 Å². The van der Waals surface area contributed by atoms with Crippen LogP contribution in [0.2, 0.25) is 0 Å². The van der Waals surface area contributed by atoms with Crippen LogP contribution in [0.15, 0.2) is 36.7 Å². The molecule has 2 N–H and O–H groups in total. The second-order valence-electron chi connectivity index (χ2n) is 4.47. The van der Waals surface area contributed by atoms with Crippen molar-refractivity contribution in [2.45, 2.75) is 0 Å². The van der Waals surface area contributed by atoms with Crippen LogP contribution < -0.4 is 5.32 Å². The predicted octanol–water partition coefficient (Wildman–Crippen LogP) is 3.09. The first-order valence-corrected chi connectivity index (χ1v) is 8.17. The lowest BCUT2D eigenvalue weighted by atomic mass is 10.2. The first kappa shape index (κ1) is 15.8. The van der Waals surface area contributed by atoms with E-state index in [-0.39, 0.29) is 14.9 Å². The normalized spacial score (nSPS) is 10.1. The number of nitrogens with one attached hydrogen (secondary N) is 1. The quantitative estimate of drug-likeness (QED) is 0.742. The molecule has 0 atom stereocenters. The van der Waals surface area contributed by atoms with Gasteiger partial charge in [-0.2, -0.15) is 5.26 Å². The maximum Gasteiger partial charge on any atom is 0.345 e. The molecule has 0 aromatic carbocycles. The Morgan fingerprint density at radius 1 is 1.21 bits per heavy atom. The average molecular weight is 356 g/mol. The van der Waals surface area contributed by atoms with Crippen LogP contribution in [0.3, 0.4) is 0 Å². The van der Waals surface area contributed by atoms with Crippen molar-refractivity contribution in [3.05, 3.63) is 51.3 Å². The summed E-state index contributed by atoms with van der Waals surface area (Å²) in [6.45, 7) is 0. The number of hydrogen-bond acceptors (Lipinski definition) is 7. The molecule has 3 aromatic rings. The molecule has 0 saturated heterocycles. The van der Waals surface area contributed by atoms with Gasteiger partial charge in [-0.25, -0.2) is 9.78 Å². The van der Waals surface area contributed by atoms with Crippen molar-refractivity contribution in [2.24, 2.45) is 0 Å². The molecule has 0 bridgehead atoms. The Morgan fingerprint density at radius 3 is 2.62 bits per heavy atom. The van der Waals surface area contributed by atoms with Gasteiger partial charge in [0.15, 0.2) is 5.13 Å². The number of nitrogens with zero attached hydrogens (tertiary/aromatic N) is 3. The van der Waals surface area contributed by atoms with Crippen LogP contribution in [0, 0.1) is 11.3 Å². The van der Waals surface area contributed by atoms with Crippen LogP contribution in [0.1, 0.15) is 24.2 Å². The molecule has 0 saturated carbocycles. The fourth-order valence-corrected chi connectivity index (χ4v) is 3.40. The molecule has 0 spiro atoms. The smallest absolute Gasteiger partial charge is 0.345 e. The van der Waals surface area contributed by atoms with Crippen molar-refractivity contribution < 1.29 is 14.7 Å². The number of carbonyl (C=O) groups is 2. The van der Waals surface area contributed by atoms with Crippen molar-refractivity contribution in [2.75, 3.05) is 5.32 Å². The van der Waals surface area contributed by atoms with E-state index < -0.39 is 11.9 Å². The summed E-state index contributed by atoms with van der Waals surface area (Å²) in [5.41, 5.74) is 1.12. The van der Waals surface area contributed by atoms with Gasteiger partial charge in [0.25, 0.3) is 5.91 Å². The summed E-state index contributed by atoms with van der Waals surface area (Å²) in [5, 5.41) is 21.0. The lowest BCUT2D eigenvalue weighted by Gasteiger charge is -1.98. The molecule has 24 heavy (non-hydrogen) atoms. The number of carboxylic acid groups (broad SMARTS) is 1. The Bertz CT molecular complexity index is 957. The summed E-state index contributed by atoms with van der Waals surface area (Å²) in [5.74, 6) is -1.55. The summed E-state index contributed by atoms with van der Waals surface area (Å²) in [4.78, 5) is 32.0. The van der Waals surface area contributed by atoms with Gasteiger partial charge in [0.2, 0.25) is 0 Å². The monoisotopic (exact) mass is 356 g/mol. The van der Waals surface area contributed by atoms with Crippen LogP contribution in [0.5, 0.6) is 0 Å². The van der Waals surface area contributed by atoms with E-state index in [9.17, 15) is 14.9 Å². The highest BCUT2D eigenvalue weighted by atomic mass is 32.1. The molecule has 118 valence electrons. The van der Waals surface area contributed by atoms with E-state index in [0.29, 0.717) is 16.1 Å². The number of anilines is 1. The molecule has 3 aromatic heterocycles. The second kappa shape index (κ2) is 6.57. The average Bonchev–Trinajstić information content (AvgIpc) is 3.22. The third-order valence-electron chi connectivity index (χ3n) is 2.92. The van der Waals surface area contributed by atoms with Crippen LogP contribution in [0.4, 0.5) is 5.13 Å². The molecule has 0 aliphatic heterocycles. The molecular formula is C15H8N4O3S2. The molecule has 0 unspecified atom stereocenters. The molecule has 0 aliphatic rings. The largest absolute Gasteiger partial charge is 0.477 e. The standard InChI is InChI=1S/C15H8N4O3S2/c16-6-11-12(8-2-1-5-17-7-8)18-15(24-11)19-13(20)9-3-4-10(23-9)14(21)22/h1-5,7H,(H,21,22)(H,18,19,20). The molecule has 0 radical (unpaired) electrons. The summed E-state index contributed by atoms with van der Waals surface area (Å²) in [7, 11) is 0. The van der Waals surface area contributed by atoms with E-state index in [1.165, 1.54) is 12.1 Å². The van der Waals surface area contributed by atoms with Crippen molar-refractivity contribution >= 4 is 39.7 Å². The molecule has 3 rings (SSSR count). The van der Waals surface area contributed by atoms with Crippen molar-refractivity contribution in [3.63, 3.8) is 0 Å². The van der Waals surface area contributed by atoms with Gasteiger partial charge < -0.3 is 5.11 Å². The number of amides is 1. The lowest BCUT2D eigenvalue weighted by Crippen LogP contribution is -2.09. The van der Waals surface area contributed by atoms with Crippen molar-refractivity contribution in [1.29, 1.82) is 5.26 Å². The van der Waals surface area contributed by atoms with E-state index in [2.05, 4.69) is 15.3 Å². The minimum atomic E-state index is -1.08. The zero-order valence-electron chi connectivity index (χ0n) is 11.9. The van der Waals surface area contributed by atoms with Gasteiger partial charge in [-0.15, -0.1) is 11.3 Å². The minimum absolute atomic E-state index is 0.0769. The number of carbonyl (C=O) groups excluding carboxylic acids is 1. The van der Waals surface area contributed by atoms with Crippen LogP contribution >= 0.6 is 22.7 Å². The highest BCUT2D eigenvalue weighted by Gasteiger charge is 2.17. The number of rotatable bonds is 4. The Morgan fingerprint density at radius 2 is 2.00 bits per heavy atom. The van der Waals surface area contributed by atoms with Gasteiger partial charge in [0.1, 0.15) is 21.5 Å². The van der Waals surface area contributed by atoms with Gasteiger partial charge in [0, 0.05) is 18.0 Å². The zero-order chi connectivity index (χ0) is 17.1. The summed E-state index contributed by atoms with van der Waals surface area (Å²) >= 11 is 1.92. The molecule has 0 aliphatic carbocycles. The number of aromatic carboxylic acids is 1. The van der Waals surface area contributed by atoms with Crippen molar-refractivity contribution in [3.8, 4) is 17.3 Å². The predicted molar refractivity (Wildman–Crippen MR) is 89.3 cm³/mol. The van der Waals surface area contributed by atoms with Gasteiger partial charge >= 0.3 is 5.97 Å². The summed E-state index contributed by atoms with van der Waals surface area (Å²) in [6, 6.07) is 8.35. The lowest BCUT2D eigenvalue weighted by molar-refractivity contribution is 0.0702. The van der Waals surface area contributed by atoms with Gasteiger partial charge in [-0.3, -0.25) is 15.1 Å². The van der Waals surface area contributed by atoms with E-state index in [0.717, 1.165) is 22.7 Å². The maximum atomic E-state index is 12.2. The number of thiophene rings is 1. The number of thiazole rings is 1. The Kier molecular flexibility index (Phi) is 4.33. The third kappa shape index (κ3) is 3.15. The van der Waals surface area contributed by atoms with E-state index in [4.69, 9.17) is 5.11 Å². The number of carboxylic acids is 1. The van der Waals surface area contributed by atoms with E-state index in [1.807, 2.05) is 6.07 Å². The number of pyridine rings is 1. The molecule has 0 fully saturated rings. The Hall–Kier alpha value is -3.09. The maximum absolute atomic E-state index is 12.2. The van der Waals surface area contributed by atoms with Crippen LogP contribution in [-0.4, -0.2) is 27.0 Å². The topological polar surface area (TPSA) is 116 Å². The molecule has 3 heterocycles. The number of nitriles is 1. The SMILES string of the molecule is N#Cc1sc(NC(=O)c2ccc(C(=O)O)s2)nc1-c1cccnc1. The van der Waals surface area contributed by atoms with Crippen LogP contribution in [0.25, 0.3) is 11.3 Å². The fourth-order valence-electron chi connectivity index (χ4n) is 1.88. The molecular weight excluding hydrogens is 348 g/mol. The van der Waals surface area contributed by atoms with E-state index in [1.54, 1.807) is 24.5 Å². The van der Waals surface area contributed by atoms with Crippen molar-refractivity contribution in [1.82, 2.24) is 9.97 Å². The molecule has 1 amide bonds. The molecule has 9 heteroatoms. The first-order valence-electron chi connectivity index (χ1n) is 6.54. The minimum Gasteiger partial charge on any atom is -0.477 e. The first-order chi connectivity index (χ1) is 11.6. The highest BCUT2D eigenvalue weighted by molar-refractivity contribution is 7.17. The summed E-state index contributed by atoms with van der Waals surface area (Å²) < 4.78 is 0. The number of aromatic nitrogens is 2. The summed E-state index contributed by atoms with van der Waals surface area (Å²) in [6.07, 6.45) is 3.20.